The minimum atomic E-state index is -0.517. The second kappa shape index (κ2) is 6.59. The molecule has 0 fully saturated rings. The zero-order valence-corrected chi connectivity index (χ0v) is 15.6. The quantitative estimate of drug-likeness (QED) is 0.276. The van der Waals surface area contributed by atoms with Crippen molar-refractivity contribution >= 4 is 50.0 Å². The Labute approximate surface area is 168 Å². The van der Waals surface area contributed by atoms with Crippen LogP contribution in [0, 0.1) is 10.1 Å². The number of non-ortho nitro benzene ring substituents is 1. The van der Waals surface area contributed by atoms with Crippen LogP contribution >= 0.6 is 0 Å². The number of carbonyl (C=O) groups excluding carboxylic acids is 1. The van der Waals surface area contributed by atoms with Crippen LogP contribution in [0.5, 0.6) is 5.88 Å². The number of aromatic nitrogens is 3. The lowest BCUT2D eigenvalue weighted by atomic mass is 10.00. The van der Waals surface area contributed by atoms with Gasteiger partial charge in [0, 0.05) is 39.2 Å². The van der Waals surface area contributed by atoms with Gasteiger partial charge in [0.25, 0.3) is 11.6 Å². The van der Waals surface area contributed by atoms with E-state index < -0.39 is 10.8 Å². The smallest absolute Gasteiger partial charge is 0.269 e. The highest BCUT2D eigenvalue weighted by Crippen LogP contribution is 2.39. The molecule has 9 heteroatoms. The lowest BCUT2D eigenvalue weighted by Gasteiger charge is -2.15. The molecule has 1 amide bonds. The number of rotatable bonds is 4. The Morgan fingerprint density at radius 2 is 1.63 bits per heavy atom. The van der Waals surface area contributed by atoms with Crippen LogP contribution in [-0.2, 0) is 0 Å². The molecule has 2 aromatic heterocycles. The Hall–Kier alpha value is -4.40. The molecule has 30 heavy (non-hydrogen) atoms. The first-order chi connectivity index (χ1) is 14.6. The van der Waals surface area contributed by atoms with Crippen LogP contribution in [0.15, 0.2) is 54.9 Å². The Bertz CT molecular complexity index is 1430. The molecule has 0 unspecified atom stereocenters. The minimum absolute atomic E-state index is 0.0888. The molecule has 9 nitrogen and oxygen atoms in total. The molecule has 0 aliphatic carbocycles. The van der Waals surface area contributed by atoms with Crippen molar-refractivity contribution in [3.05, 3.63) is 70.5 Å². The van der Waals surface area contributed by atoms with Crippen molar-refractivity contribution < 1.29 is 14.5 Å². The largest absolute Gasteiger partial charge is 0.480 e. The third-order valence-electron chi connectivity index (χ3n) is 4.97. The summed E-state index contributed by atoms with van der Waals surface area (Å²) < 4.78 is 5.46. The van der Waals surface area contributed by atoms with Gasteiger partial charge < -0.3 is 10.1 Å². The first-order valence-corrected chi connectivity index (χ1v) is 8.96. The number of amides is 1. The Balaban J connectivity index is 1.67. The van der Waals surface area contributed by atoms with Gasteiger partial charge in [-0.1, -0.05) is 0 Å². The number of hydrogen-bond acceptors (Lipinski definition) is 7. The molecule has 0 bridgehead atoms. The number of nitrogens with zero attached hydrogens (tertiary/aromatic N) is 4. The molecule has 0 saturated carbocycles. The molecule has 0 atom stereocenters. The summed E-state index contributed by atoms with van der Waals surface area (Å²) in [7, 11) is 1.51. The fraction of sp³-hybridized carbons (Fsp3) is 0.0476. The number of nitrogens with one attached hydrogen (secondary N) is 1. The maximum absolute atomic E-state index is 12.8. The number of ether oxygens (including phenoxy) is 1. The van der Waals surface area contributed by atoms with Crippen molar-refractivity contribution in [2.45, 2.75) is 0 Å². The number of nitro benzene ring substituents is 1. The maximum atomic E-state index is 12.8. The number of carbonyl (C=O) groups is 1. The summed E-state index contributed by atoms with van der Waals surface area (Å²) in [6.07, 6.45) is 1.51. The van der Waals surface area contributed by atoms with Gasteiger partial charge in [0.05, 0.1) is 23.1 Å². The standard InChI is InChI=1S/C21H13N5O4/c1-30-21-14-7-9-16-18-15(22-10-23-16)8-6-13(17(14)18)19(25-21)24-20(27)11-2-4-12(5-3-11)26(28)29/h2-10H,1H3,(H,24,25,27). The third-order valence-corrected chi connectivity index (χ3v) is 4.97. The highest BCUT2D eigenvalue weighted by Gasteiger charge is 2.19. The molecule has 5 rings (SSSR count). The third kappa shape index (κ3) is 2.64. The van der Waals surface area contributed by atoms with E-state index in [0.717, 1.165) is 27.2 Å². The molecular formula is C21H13N5O4. The lowest BCUT2D eigenvalue weighted by molar-refractivity contribution is -0.384. The molecule has 1 N–H and O–H groups in total. The fourth-order valence-corrected chi connectivity index (χ4v) is 3.59. The van der Waals surface area contributed by atoms with Gasteiger partial charge in [0.1, 0.15) is 12.1 Å². The summed E-state index contributed by atoms with van der Waals surface area (Å²) in [5.41, 5.74) is 1.74. The molecule has 146 valence electrons. The van der Waals surface area contributed by atoms with Gasteiger partial charge in [-0.05, 0) is 36.4 Å². The molecule has 0 aliphatic rings. The normalized spacial score (nSPS) is 11.2. The molecule has 5 aromatic rings. The number of nitro groups is 1. The zero-order valence-electron chi connectivity index (χ0n) is 15.6. The van der Waals surface area contributed by atoms with E-state index in [4.69, 9.17) is 4.74 Å². The van der Waals surface area contributed by atoms with E-state index in [-0.39, 0.29) is 11.3 Å². The van der Waals surface area contributed by atoms with Gasteiger partial charge in [-0.3, -0.25) is 14.9 Å². The first-order valence-electron chi connectivity index (χ1n) is 8.96. The minimum Gasteiger partial charge on any atom is -0.480 e. The summed E-state index contributed by atoms with van der Waals surface area (Å²) in [5.74, 6) is 0.242. The van der Waals surface area contributed by atoms with Crippen LogP contribution in [0.2, 0.25) is 0 Å². The van der Waals surface area contributed by atoms with E-state index in [1.807, 2.05) is 24.3 Å². The molecular weight excluding hydrogens is 386 g/mol. The van der Waals surface area contributed by atoms with E-state index in [9.17, 15) is 14.9 Å². The number of anilines is 1. The van der Waals surface area contributed by atoms with Crippen molar-refractivity contribution in [2.24, 2.45) is 0 Å². The summed E-state index contributed by atoms with van der Waals surface area (Å²) in [4.78, 5) is 36.2. The van der Waals surface area contributed by atoms with Gasteiger partial charge in [0.2, 0.25) is 5.88 Å². The van der Waals surface area contributed by atoms with E-state index in [1.54, 1.807) is 0 Å². The van der Waals surface area contributed by atoms with Gasteiger partial charge in [0.15, 0.2) is 0 Å². The molecule has 0 aliphatic heterocycles. The van der Waals surface area contributed by atoms with Crippen molar-refractivity contribution in [1.82, 2.24) is 15.0 Å². The van der Waals surface area contributed by atoms with E-state index in [2.05, 4.69) is 20.3 Å². The van der Waals surface area contributed by atoms with E-state index >= 15 is 0 Å². The monoisotopic (exact) mass is 399 g/mol. The van der Waals surface area contributed by atoms with Gasteiger partial charge >= 0.3 is 0 Å². The topological polar surface area (TPSA) is 120 Å². The molecule has 0 radical (unpaired) electrons. The number of benzene rings is 3. The Kier molecular flexibility index (Phi) is 3.88. The van der Waals surface area contributed by atoms with Gasteiger partial charge in [-0.25, -0.2) is 9.97 Å². The Morgan fingerprint density at radius 3 is 2.27 bits per heavy atom. The van der Waals surface area contributed by atoms with Crippen LogP contribution in [-0.4, -0.2) is 32.9 Å². The second-order valence-electron chi connectivity index (χ2n) is 6.62. The number of pyridine rings is 1. The molecule has 3 aromatic carbocycles. The average molecular weight is 399 g/mol. The summed E-state index contributed by atoms with van der Waals surface area (Å²) in [5, 5.41) is 16.8. The first kappa shape index (κ1) is 17.7. The van der Waals surface area contributed by atoms with Crippen LogP contribution in [0.3, 0.4) is 0 Å². The van der Waals surface area contributed by atoms with Crippen molar-refractivity contribution in [3.63, 3.8) is 0 Å². The van der Waals surface area contributed by atoms with Gasteiger partial charge in [-0.2, -0.15) is 4.98 Å². The SMILES string of the molecule is COc1nc(NC(=O)c2ccc([N+](=O)[O-])cc2)c2ccc3ncnc4ccc1c2c34. The lowest BCUT2D eigenvalue weighted by Crippen LogP contribution is -2.14. The number of methoxy groups -OCH3 is 1. The molecule has 0 saturated heterocycles. The predicted octanol–water partition coefficient (Wildman–Crippen LogP) is 3.94. The summed E-state index contributed by atoms with van der Waals surface area (Å²) in [6, 6.07) is 12.8. The predicted molar refractivity (Wildman–Crippen MR) is 111 cm³/mol. The Morgan fingerprint density at radius 1 is 0.967 bits per heavy atom. The van der Waals surface area contributed by atoms with E-state index in [0.29, 0.717) is 17.1 Å². The van der Waals surface area contributed by atoms with E-state index in [1.165, 1.54) is 37.7 Å². The number of hydrogen-bond donors (Lipinski definition) is 1. The zero-order chi connectivity index (χ0) is 20.8. The van der Waals surface area contributed by atoms with Crippen LogP contribution in [0.1, 0.15) is 10.4 Å². The highest BCUT2D eigenvalue weighted by molar-refractivity contribution is 6.25. The maximum Gasteiger partial charge on any atom is 0.269 e. The second-order valence-corrected chi connectivity index (χ2v) is 6.62. The van der Waals surface area contributed by atoms with Crippen LogP contribution in [0.4, 0.5) is 11.5 Å². The van der Waals surface area contributed by atoms with Crippen LogP contribution in [0.25, 0.3) is 32.6 Å². The van der Waals surface area contributed by atoms with Gasteiger partial charge in [-0.15, -0.1) is 0 Å². The summed E-state index contributed by atoms with van der Waals surface area (Å²) >= 11 is 0. The summed E-state index contributed by atoms with van der Waals surface area (Å²) in [6.45, 7) is 0. The average Bonchev–Trinajstić information content (AvgIpc) is 2.78. The fourth-order valence-electron chi connectivity index (χ4n) is 3.59. The van der Waals surface area contributed by atoms with Crippen molar-refractivity contribution in [3.8, 4) is 5.88 Å². The van der Waals surface area contributed by atoms with Crippen molar-refractivity contribution in [1.29, 1.82) is 0 Å². The molecule has 2 heterocycles. The van der Waals surface area contributed by atoms with Crippen LogP contribution < -0.4 is 10.1 Å². The van der Waals surface area contributed by atoms with Crippen molar-refractivity contribution in [2.75, 3.05) is 12.4 Å². The molecule has 0 spiro atoms. The highest BCUT2D eigenvalue weighted by atomic mass is 16.6.